The Hall–Kier alpha value is -4.14. The number of halogens is 1. The topological polar surface area (TPSA) is 86.5 Å². The van der Waals surface area contributed by atoms with Crippen LogP contribution in [0.4, 0.5) is 4.39 Å². The number of rotatable bonds is 3. The smallest absolute Gasteiger partial charge is 0.332 e. The molecular formula is C23H20FN5O3. The van der Waals surface area contributed by atoms with Gasteiger partial charge in [-0.25, -0.2) is 9.18 Å². The maximum atomic E-state index is 13.5. The Morgan fingerprint density at radius 1 is 1.03 bits per heavy atom. The third-order valence-electron chi connectivity index (χ3n) is 5.86. The number of aromatic nitrogens is 5. The van der Waals surface area contributed by atoms with Crippen molar-refractivity contribution in [3.8, 4) is 11.4 Å². The van der Waals surface area contributed by atoms with Gasteiger partial charge in [0, 0.05) is 24.5 Å². The van der Waals surface area contributed by atoms with Crippen LogP contribution < -0.4 is 11.2 Å². The van der Waals surface area contributed by atoms with Crippen LogP contribution in [0.15, 0.2) is 58.1 Å². The van der Waals surface area contributed by atoms with Gasteiger partial charge in [-0.1, -0.05) is 18.2 Å². The van der Waals surface area contributed by atoms with Crippen molar-refractivity contribution in [1.82, 2.24) is 23.1 Å². The summed E-state index contributed by atoms with van der Waals surface area (Å²) < 4.78 is 19.3. The number of phenolic OH excluding ortho intramolecular Hbond substituents is 1. The molecule has 5 aromatic rings. The third-order valence-corrected chi connectivity index (χ3v) is 5.86. The number of aryl methyl sites for hydroxylation is 2. The van der Waals surface area contributed by atoms with E-state index in [2.05, 4.69) is 4.98 Å². The fraction of sp³-hybridized carbons (Fsp3) is 0.174. The van der Waals surface area contributed by atoms with Gasteiger partial charge in [-0.15, -0.1) is 0 Å². The van der Waals surface area contributed by atoms with Crippen LogP contribution in [0.25, 0.3) is 22.6 Å². The highest BCUT2D eigenvalue weighted by Gasteiger charge is 2.23. The van der Waals surface area contributed by atoms with E-state index in [4.69, 9.17) is 0 Å². The van der Waals surface area contributed by atoms with E-state index in [9.17, 15) is 19.1 Å². The Bertz CT molecular complexity index is 1640. The van der Waals surface area contributed by atoms with Gasteiger partial charge in [0.25, 0.3) is 5.56 Å². The highest BCUT2D eigenvalue weighted by Crippen LogP contribution is 2.26. The third kappa shape index (κ3) is 2.78. The second-order valence-electron chi connectivity index (χ2n) is 7.80. The molecule has 0 saturated heterocycles. The van der Waals surface area contributed by atoms with Gasteiger partial charge in [0.1, 0.15) is 11.6 Å². The molecule has 0 aliphatic heterocycles. The van der Waals surface area contributed by atoms with Gasteiger partial charge in [0.2, 0.25) is 5.78 Å². The molecule has 0 fully saturated rings. The van der Waals surface area contributed by atoms with Crippen molar-refractivity contribution in [2.75, 3.05) is 0 Å². The molecule has 0 aliphatic carbocycles. The summed E-state index contributed by atoms with van der Waals surface area (Å²) in [5, 5.41) is 9.94. The number of aromatic hydroxyl groups is 1. The maximum absolute atomic E-state index is 13.5. The zero-order valence-corrected chi connectivity index (χ0v) is 17.7. The number of nitrogens with zero attached hydrogens (tertiary/aromatic N) is 5. The lowest BCUT2D eigenvalue weighted by Crippen LogP contribution is -2.39. The van der Waals surface area contributed by atoms with E-state index in [1.807, 2.05) is 24.5 Å². The molecular weight excluding hydrogens is 413 g/mol. The van der Waals surface area contributed by atoms with E-state index in [0.717, 1.165) is 16.0 Å². The molecule has 0 saturated carbocycles. The molecule has 162 valence electrons. The Morgan fingerprint density at radius 2 is 1.75 bits per heavy atom. The fourth-order valence-corrected chi connectivity index (χ4v) is 4.10. The summed E-state index contributed by atoms with van der Waals surface area (Å²) >= 11 is 0. The van der Waals surface area contributed by atoms with Gasteiger partial charge in [-0.2, -0.15) is 4.98 Å². The number of benzene rings is 2. The SMILES string of the molecule is Cc1c(C)n2c3c(=O)n(Cc4ccc(F)cc4)c(=O)n(C)c3nc2n1-c1cccc(O)c1. The standard InChI is InChI=1S/C23H20FN5O3/c1-13-14(2)29-19-20(25-22(29)28(13)17-5-4-6-18(30)11-17)26(3)23(32)27(21(19)31)12-15-7-9-16(24)10-8-15/h4-11,30H,12H2,1-3H3. The van der Waals surface area contributed by atoms with Crippen LogP contribution in [0, 0.1) is 19.7 Å². The van der Waals surface area contributed by atoms with Gasteiger partial charge < -0.3 is 5.11 Å². The molecule has 32 heavy (non-hydrogen) atoms. The molecule has 0 amide bonds. The minimum Gasteiger partial charge on any atom is -0.508 e. The normalized spacial score (nSPS) is 11.6. The number of fused-ring (bicyclic) bond motifs is 3. The van der Waals surface area contributed by atoms with Gasteiger partial charge in [0.05, 0.1) is 12.2 Å². The van der Waals surface area contributed by atoms with Crippen molar-refractivity contribution in [3.63, 3.8) is 0 Å². The van der Waals surface area contributed by atoms with Crippen LogP contribution in [-0.4, -0.2) is 28.2 Å². The van der Waals surface area contributed by atoms with Crippen LogP contribution in [0.2, 0.25) is 0 Å². The van der Waals surface area contributed by atoms with E-state index >= 15 is 0 Å². The first kappa shape index (κ1) is 19.8. The van der Waals surface area contributed by atoms with E-state index in [0.29, 0.717) is 17.0 Å². The van der Waals surface area contributed by atoms with Gasteiger partial charge in [-0.3, -0.25) is 22.9 Å². The van der Waals surface area contributed by atoms with Crippen molar-refractivity contribution < 1.29 is 9.50 Å². The Balaban J connectivity index is 1.83. The first-order valence-electron chi connectivity index (χ1n) is 10.0. The molecule has 3 heterocycles. The molecule has 1 N–H and O–H groups in total. The van der Waals surface area contributed by atoms with Crippen LogP contribution in [-0.2, 0) is 13.6 Å². The molecule has 0 spiro atoms. The Labute approximate surface area is 181 Å². The monoisotopic (exact) mass is 433 g/mol. The predicted octanol–water partition coefficient (Wildman–Crippen LogP) is 2.65. The molecule has 0 unspecified atom stereocenters. The van der Waals surface area contributed by atoms with Crippen LogP contribution in [0.3, 0.4) is 0 Å². The van der Waals surface area contributed by atoms with Crippen LogP contribution in [0.1, 0.15) is 17.0 Å². The average molecular weight is 433 g/mol. The number of hydrogen-bond acceptors (Lipinski definition) is 4. The minimum absolute atomic E-state index is 0.0141. The van der Waals surface area contributed by atoms with E-state index < -0.39 is 11.2 Å². The van der Waals surface area contributed by atoms with Crippen LogP contribution in [0.5, 0.6) is 5.75 Å². The summed E-state index contributed by atoms with van der Waals surface area (Å²) in [4.78, 5) is 31.1. The highest BCUT2D eigenvalue weighted by atomic mass is 19.1. The summed E-state index contributed by atoms with van der Waals surface area (Å²) in [6, 6.07) is 12.4. The zero-order valence-electron chi connectivity index (χ0n) is 17.7. The maximum Gasteiger partial charge on any atom is 0.332 e. The molecule has 5 rings (SSSR count). The lowest BCUT2D eigenvalue weighted by Gasteiger charge is -2.09. The average Bonchev–Trinajstić information content (AvgIpc) is 3.26. The summed E-state index contributed by atoms with van der Waals surface area (Å²) in [6.07, 6.45) is 0. The lowest BCUT2D eigenvalue weighted by molar-refractivity contribution is 0.475. The van der Waals surface area contributed by atoms with E-state index in [-0.39, 0.29) is 29.3 Å². The first-order valence-corrected chi connectivity index (χ1v) is 10.0. The van der Waals surface area contributed by atoms with Gasteiger partial charge in [0.15, 0.2) is 11.2 Å². The summed E-state index contributed by atoms with van der Waals surface area (Å²) in [7, 11) is 1.57. The van der Waals surface area contributed by atoms with Gasteiger partial charge in [-0.05, 0) is 43.7 Å². The van der Waals surface area contributed by atoms with Crippen molar-refractivity contribution in [3.05, 3.63) is 92.1 Å². The zero-order chi connectivity index (χ0) is 22.7. The molecule has 2 aromatic carbocycles. The van der Waals surface area contributed by atoms with Crippen molar-refractivity contribution in [2.45, 2.75) is 20.4 Å². The fourth-order valence-electron chi connectivity index (χ4n) is 4.10. The van der Waals surface area contributed by atoms with Crippen molar-refractivity contribution >= 4 is 16.9 Å². The highest BCUT2D eigenvalue weighted by molar-refractivity contribution is 5.77. The molecule has 0 aliphatic rings. The van der Waals surface area contributed by atoms with Crippen LogP contribution >= 0.6 is 0 Å². The van der Waals surface area contributed by atoms with Crippen molar-refractivity contribution in [1.29, 1.82) is 0 Å². The first-order chi connectivity index (χ1) is 15.3. The largest absolute Gasteiger partial charge is 0.508 e. The summed E-state index contributed by atoms with van der Waals surface area (Å²) in [5.41, 5.74) is 2.52. The second kappa shape index (κ2) is 6.94. The molecule has 3 aromatic heterocycles. The quantitative estimate of drug-likeness (QED) is 0.474. The Morgan fingerprint density at radius 3 is 2.44 bits per heavy atom. The molecule has 0 bridgehead atoms. The van der Waals surface area contributed by atoms with E-state index in [1.54, 1.807) is 41.8 Å². The number of phenols is 1. The molecule has 8 nitrogen and oxygen atoms in total. The second-order valence-corrected chi connectivity index (χ2v) is 7.80. The molecule has 0 atom stereocenters. The molecule has 9 heteroatoms. The minimum atomic E-state index is -0.508. The molecule has 0 radical (unpaired) electrons. The predicted molar refractivity (Wildman–Crippen MR) is 118 cm³/mol. The lowest BCUT2D eigenvalue weighted by atomic mass is 10.2. The number of imidazole rings is 2. The summed E-state index contributed by atoms with van der Waals surface area (Å²) in [5.74, 6) is 0.185. The van der Waals surface area contributed by atoms with Crippen molar-refractivity contribution in [2.24, 2.45) is 7.05 Å². The number of hydrogen-bond donors (Lipinski definition) is 1. The van der Waals surface area contributed by atoms with E-state index in [1.165, 1.54) is 16.7 Å². The summed E-state index contributed by atoms with van der Waals surface area (Å²) in [6.45, 7) is 3.79. The Kier molecular flexibility index (Phi) is 4.30. The van der Waals surface area contributed by atoms with Gasteiger partial charge >= 0.3 is 5.69 Å².